The quantitative estimate of drug-likeness (QED) is 0.652. The molecule has 0 saturated heterocycles. The molecule has 0 aliphatic carbocycles. The number of phenols is 2. The number of H-pyrrole nitrogens is 1. The van der Waals surface area contributed by atoms with Crippen molar-refractivity contribution in [3.05, 3.63) is 58.0 Å². The van der Waals surface area contributed by atoms with Gasteiger partial charge >= 0.3 is 5.69 Å². The molecule has 6 heteroatoms. The first-order valence-electron chi connectivity index (χ1n) is 8.75. The van der Waals surface area contributed by atoms with Gasteiger partial charge in [-0.15, -0.1) is 0 Å². The summed E-state index contributed by atoms with van der Waals surface area (Å²) >= 11 is 0. The highest BCUT2D eigenvalue weighted by atomic mass is 16.3. The van der Waals surface area contributed by atoms with Crippen LogP contribution in [0, 0.1) is 0 Å². The van der Waals surface area contributed by atoms with Gasteiger partial charge in [0.1, 0.15) is 11.5 Å². The van der Waals surface area contributed by atoms with Crippen LogP contribution in [0.15, 0.2) is 41.2 Å². The second-order valence-electron chi connectivity index (χ2n) is 6.69. The van der Waals surface area contributed by atoms with E-state index in [2.05, 4.69) is 17.1 Å². The summed E-state index contributed by atoms with van der Waals surface area (Å²) in [6.45, 7) is 6.01. The van der Waals surface area contributed by atoms with Crippen molar-refractivity contribution >= 4 is 0 Å². The van der Waals surface area contributed by atoms with E-state index in [-0.39, 0.29) is 23.1 Å². The van der Waals surface area contributed by atoms with E-state index in [1.54, 1.807) is 6.07 Å². The molecule has 1 heterocycles. The molecule has 0 saturated carbocycles. The number of hydrogen-bond donors (Lipinski definition) is 3. The SMILES string of the molecule is CCCc1ccc(-n2c(-c3cc(C(C)C)c(O)cc3O)n[nH]c2=O)cc1. The second kappa shape index (κ2) is 7.07. The van der Waals surface area contributed by atoms with E-state index in [1.165, 1.54) is 16.2 Å². The maximum Gasteiger partial charge on any atom is 0.348 e. The summed E-state index contributed by atoms with van der Waals surface area (Å²) in [7, 11) is 0. The van der Waals surface area contributed by atoms with Crippen LogP contribution in [0.3, 0.4) is 0 Å². The third-order valence-electron chi connectivity index (χ3n) is 4.41. The lowest BCUT2D eigenvalue weighted by molar-refractivity contribution is 0.444. The highest BCUT2D eigenvalue weighted by Crippen LogP contribution is 2.37. The highest BCUT2D eigenvalue weighted by Gasteiger charge is 2.19. The molecule has 0 atom stereocenters. The molecule has 0 spiro atoms. The number of nitrogens with one attached hydrogen (secondary N) is 1. The van der Waals surface area contributed by atoms with Crippen LogP contribution in [0.25, 0.3) is 17.1 Å². The number of aromatic nitrogens is 3. The van der Waals surface area contributed by atoms with Crippen LogP contribution in [-0.4, -0.2) is 25.0 Å². The molecule has 0 bridgehead atoms. The lowest BCUT2D eigenvalue weighted by Crippen LogP contribution is -2.15. The van der Waals surface area contributed by atoms with Gasteiger partial charge in [0.25, 0.3) is 0 Å². The van der Waals surface area contributed by atoms with Crippen molar-refractivity contribution in [2.75, 3.05) is 0 Å². The Kier molecular flexibility index (Phi) is 4.84. The molecule has 0 unspecified atom stereocenters. The summed E-state index contributed by atoms with van der Waals surface area (Å²) in [4.78, 5) is 12.3. The van der Waals surface area contributed by atoms with Gasteiger partial charge in [-0.3, -0.25) is 0 Å². The Morgan fingerprint density at radius 2 is 1.81 bits per heavy atom. The topological polar surface area (TPSA) is 91.1 Å². The van der Waals surface area contributed by atoms with Crippen molar-refractivity contribution in [2.45, 2.75) is 39.5 Å². The molecule has 6 nitrogen and oxygen atoms in total. The van der Waals surface area contributed by atoms with Gasteiger partial charge in [0.2, 0.25) is 0 Å². The van der Waals surface area contributed by atoms with Crippen LogP contribution in [0.1, 0.15) is 44.2 Å². The van der Waals surface area contributed by atoms with Gasteiger partial charge in [0.15, 0.2) is 5.82 Å². The molecule has 2 aromatic carbocycles. The fraction of sp³-hybridized carbons (Fsp3) is 0.300. The smallest absolute Gasteiger partial charge is 0.348 e. The van der Waals surface area contributed by atoms with Gasteiger partial charge in [-0.05, 0) is 41.7 Å². The molecule has 0 fully saturated rings. The lowest BCUT2D eigenvalue weighted by atomic mass is 9.98. The Labute approximate surface area is 151 Å². The molecule has 3 N–H and O–H groups in total. The fourth-order valence-electron chi connectivity index (χ4n) is 3.05. The highest BCUT2D eigenvalue weighted by molar-refractivity contribution is 5.69. The number of phenolic OH excluding ortho intramolecular Hbond substituents is 2. The van der Waals surface area contributed by atoms with Gasteiger partial charge in [0.05, 0.1) is 11.3 Å². The zero-order valence-corrected chi connectivity index (χ0v) is 15.2. The maximum atomic E-state index is 12.3. The third-order valence-corrected chi connectivity index (χ3v) is 4.41. The number of rotatable bonds is 5. The lowest BCUT2D eigenvalue weighted by Gasteiger charge is -2.13. The van der Waals surface area contributed by atoms with E-state index in [0.717, 1.165) is 12.8 Å². The molecule has 136 valence electrons. The molecule has 3 aromatic rings. The Morgan fingerprint density at radius 3 is 2.42 bits per heavy atom. The second-order valence-corrected chi connectivity index (χ2v) is 6.69. The largest absolute Gasteiger partial charge is 0.508 e. The van der Waals surface area contributed by atoms with Gasteiger partial charge in [0, 0.05) is 6.07 Å². The van der Waals surface area contributed by atoms with E-state index in [9.17, 15) is 15.0 Å². The van der Waals surface area contributed by atoms with Crippen LogP contribution in [0.5, 0.6) is 11.5 Å². The van der Waals surface area contributed by atoms with Gasteiger partial charge < -0.3 is 10.2 Å². The van der Waals surface area contributed by atoms with Gasteiger partial charge in [-0.2, -0.15) is 5.10 Å². The van der Waals surface area contributed by atoms with Gasteiger partial charge in [-0.1, -0.05) is 39.3 Å². The Bertz CT molecular complexity index is 969. The first-order chi connectivity index (χ1) is 12.4. The van der Waals surface area contributed by atoms with E-state index in [4.69, 9.17) is 0 Å². The normalized spacial score (nSPS) is 11.2. The molecular weight excluding hydrogens is 330 g/mol. The molecule has 0 aliphatic heterocycles. The minimum atomic E-state index is -0.387. The van der Waals surface area contributed by atoms with Crippen molar-refractivity contribution in [1.29, 1.82) is 0 Å². The number of aromatic amines is 1. The van der Waals surface area contributed by atoms with Crippen LogP contribution in [0.2, 0.25) is 0 Å². The van der Waals surface area contributed by atoms with Gasteiger partial charge in [-0.25, -0.2) is 14.5 Å². The van der Waals surface area contributed by atoms with Crippen molar-refractivity contribution in [3.63, 3.8) is 0 Å². The molecule has 26 heavy (non-hydrogen) atoms. The summed E-state index contributed by atoms with van der Waals surface area (Å²) in [5.41, 5.74) is 2.54. The van der Waals surface area contributed by atoms with Crippen LogP contribution in [-0.2, 0) is 6.42 Å². The number of aromatic hydroxyl groups is 2. The van der Waals surface area contributed by atoms with Crippen molar-refractivity contribution < 1.29 is 10.2 Å². The number of hydrogen-bond acceptors (Lipinski definition) is 4. The zero-order valence-electron chi connectivity index (χ0n) is 15.2. The van der Waals surface area contributed by atoms with E-state index in [1.807, 2.05) is 38.1 Å². The molecule has 3 rings (SSSR count). The Morgan fingerprint density at radius 1 is 1.12 bits per heavy atom. The first-order valence-corrected chi connectivity index (χ1v) is 8.75. The number of benzene rings is 2. The van der Waals surface area contributed by atoms with Crippen molar-refractivity contribution in [3.8, 4) is 28.6 Å². The summed E-state index contributed by atoms with van der Waals surface area (Å²) in [6, 6.07) is 10.7. The van der Waals surface area contributed by atoms with Crippen LogP contribution < -0.4 is 5.69 Å². The minimum absolute atomic E-state index is 0.0228. The fourth-order valence-corrected chi connectivity index (χ4v) is 3.05. The van der Waals surface area contributed by atoms with Crippen molar-refractivity contribution in [2.24, 2.45) is 0 Å². The summed E-state index contributed by atoms with van der Waals surface area (Å²) in [5.74, 6) is 0.254. The molecule has 0 amide bonds. The molecule has 1 aromatic heterocycles. The number of nitrogens with zero attached hydrogens (tertiary/aromatic N) is 2. The molecule has 0 radical (unpaired) electrons. The predicted molar refractivity (Wildman–Crippen MR) is 101 cm³/mol. The van der Waals surface area contributed by atoms with Crippen molar-refractivity contribution in [1.82, 2.24) is 14.8 Å². The summed E-state index contributed by atoms with van der Waals surface area (Å²) in [6.07, 6.45) is 2.03. The van der Waals surface area contributed by atoms with E-state index >= 15 is 0 Å². The zero-order chi connectivity index (χ0) is 18.8. The summed E-state index contributed by atoms with van der Waals surface area (Å²) in [5, 5.41) is 26.9. The molecular formula is C20H23N3O3. The van der Waals surface area contributed by atoms with Crippen LogP contribution >= 0.6 is 0 Å². The van der Waals surface area contributed by atoms with E-state index < -0.39 is 0 Å². The van der Waals surface area contributed by atoms with Crippen LogP contribution in [0.4, 0.5) is 0 Å². The maximum absolute atomic E-state index is 12.3. The average Bonchev–Trinajstić information content (AvgIpc) is 2.97. The minimum Gasteiger partial charge on any atom is -0.508 e. The number of aryl methyl sites for hydroxylation is 1. The third kappa shape index (κ3) is 3.22. The standard InChI is InChI=1S/C20H23N3O3/c1-4-5-13-6-8-14(9-7-13)23-19(21-22-20(23)26)16-10-15(12(2)3)17(24)11-18(16)25/h6-12,24-25H,4-5H2,1-3H3,(H,22,26). The Balaban J connectivity index is 2.14. The predicted octanol–water partition coefficient (Wildman–Crippen LogP) is 3.71. The Hall–Kier alpha value is -3.02. The first kappa shape index (κ1) is 17.8. The molecule has 0 aliphatic rings. The van der Waals surface area contributed by atoms with E-state index in [0.29, 0.717) is 22.6 Å². The summed E-state index contributed by atoms with van der Waals surface area (Å²) < 4.78 is 1.42. The average molecular weight is 353 g/mol. The monoisotopic (exact) mass is 353 g/mol.